The van der Waals surface area contributed by atoms with Gasteiger partial charge in [0.1, 0.15) is 11.5 Å². The van der Waals surface area contributed by atoms with Crippen molar-refractivity contribution in [1.82, 2.24) is 0 Å². The normalized spacial score (nSPS) is 16.6. The van der Waals surface area contributed by atoms with Crippen LogP contribution in [0.4, 0.5) is 0 Å². The fourth-order valence-corrected chi connectivity index (χ4v) is 2.57. The molecule has 92 valence electrons. The van der Waals surface area contributed by atoms with Crippen molar-refractivity contribution in [3.8, 4) is 5.75 Å². The zero-order valence-corrected chi connectivity index (χ0v) is 11.6. The number of rotatable bonds is 6. The predicted octanol–water partition coefficient (Wildman–Crippen LogP) is 3.37. The Hall–Kier alpha value is -0.830. The van der Waals surface area contributed by atoms with Gasteiger partial charge >= 0.3 is 0 Å². The molecule has 0 radical (unpaired) electrons. The molecule has 1 saturated carbocycles. The summed E-state index contributed by atoms with van der Waals surface area (Å²) in [6.45, 7) is 2.65. The van der Waals surface area contributed by atoms with E-state index in [9.17, 15) is 4.79 Å². The highest BCUT2D eigenvalue weighted by Gasteiger charge is 2.33. The Bertz CT molecular complexity index is 382. The molecule has 1 aliphatic carbocycles. The number of carbonyl (C=O) groups is 1. The Morgan fingerprint density at radius 2 is 2.06 bits per heavy atom. The van der Waals surface area contributed by atoms with Crippen molar-refractivity contribution in [3.05, 3.63) is 29.8 Å². The maximum absolute atomic E-state index is 11.8. The van der Waals surface area contributed by atoms with Crippen molar-refractivity contribution in [2.45, 2.75) is 31.0 Å². The van der Waals surface area contributed by atoms with Gasteiger partial charge in [-0.2, -0.15) is 0 Å². The van der Waals surface area contributed by atoms with Gasteiger partial charge in [-0.1, -0.05) is 28.1 Å². The molecule has 0 spiro atoms. The molecule has 1 atom stereocenters. The first kappa shape index (κ1) is 12.6. The van der Waals surface area contributed by atoms with E-state index in [1.165, 1.54) is 5.56 Å². The summed E-state index contributed by atoms with van der Waals surface area (Å²) in [5.41, 5.74) is 1.17. The van der Waals surface area contributed by atoms with Gasteiger partial charge in [-0.15, -0.1) is 0 Å². The second kappa shape index (κ2) is 5.67. The van der Waals surface area contributed by atoms with Crippen LogP contribution < -0.4 is 4.74 Å². The predicted molar refractivity (Wildman–Crippen MR) is 71.8 cm³/mol. The lowest BCUT2D eigenvalue weighted by molar-refractivity contribution is -0.119. The number of carbonyl (C=O) groups excluding carboxylic acids is 1. The third-order valence-electron chi connectivity index (χ3n) is 2.94. The Labute approximate surface area is 110 Å². The van der Waals surface area contributed by atoms with Gasteiger partial charge in [0.2, 0.25) is 0 Å². The van der Waals surface area contributed by atoms with Crippen LogP contribution in [0.15, 0.2) is 24.3 Å². The molecule has 0 N–H and O–H groups in total. The maximum Gasteiger partial charge on any atom is 0.149 e. The Morgan fingerprint density at radius 3 is 2.59 bits per heavy atom. The van der Waals surface area contributed by atoms with Gasteiger partial charge < -0.3 is 4.74 Å². The molecular formula is C14H17BrO2. The fraction of sp³-hybridized carbons (Fsp3) is 0.500. The molecule has 0 aromatic heterocycles. The summed E-state index contributed by atoms with van der Waals surface area (Å²) in [6.07, 6.45) is 2.91. The van der Waals surface area contributed by atoms with Crippen molar-refractivity contribution in [3.63, 3.8) is 0 Å². The summed E-state index contributed by atoms with van der Waals surface area (Å²) in [5, 5.41) is 0. The molecule has 1 fully saturated rings. The first-order valence-corrected chi connectivity index (χ1v) is 7.01. The molecule has 0 heterocycles. The van der Waals surface area contributed by atoms with E-state index in [0.717, 1.165) is 25.0 Å². The minimum Gasteiger partial charge on any atom is -0.494 e. The zero-order chi connectivity index (χ0) is 12.3. The fourth-order valence-electron chi connectivity index (χ4n) is 1.82. The van der Waals surface area contributed by atoms with E-state index in [4.69, 9.17) is 4.74 Å². The van der Waals surface area contributed by atoms with Crippen molar-refractivity contribution < 1.29 is 9.53 Å². The number of Topliss-reactive ketones (excluding diaryl/α,β-unsaturated/α-hetero) is 1. The summed E-state index contributed by atoms with van der Waals surface area (Å²) in [4.78, 5) is 11.8. The van der Waals surface area contributed by atoms with E-state index in [1.54, 1.807) is 0 Å². The van der Waals surface area contributed by atoms with Crippen LogP contribution in [0.2, 0.25) is 0 Å². The smallest absolute Gasteiger partial charge is 0.149 e. The summed E-state index contributed by atoms with van der Waals surface area (Å²) in [6, 6.07) is 7.97. The average Bonchev–Trinajstić information content (AvgIpc) is 3.15. The number of benzene rings is 1. The third kappa shape index (κ3) is 3.56. The van der Waals surface area contributed by atoms with E-state index < -0.39 is 0 Å². The first-order chi connectivity index (χ1) is 8.20. The van der Waals surface area contributed by atoms with Gasteiger partial charge in [-0.3, -0.25) is 4.79 Å². The largest absolute Gasteiger partial charge is 0.494 e. The molecule has 1 aromatic rings. The van der Waals surface area contributed by atoms with Gasteiger partial charge in [0.15, 0.2) is 0 Å². The summed E-state index contributed by atoms with van der Waals surface area (Å²) in [7, 11) is 0. The van der Waals surface area contributed by atoms with Gasteiger partial charge in [-0.05, 0) is 43.9 Å². The van der Waals surface area contributed by atoms with Gasteiger partial charge in [0, 0.05) is 5.92 Å². The summed E-state index contributed by atoms with van der Waals surface area (Å²) >= 11 is 3.49. The molecular weight excluding hydrogens is 280 g/mol. The number of halogens is 1. The van der Waals surface area contributed by atoms with E-state index in [2.05, 4.69) is 15.9 Å². The van der Waals surface area contributed by atoms with Crippen LogP contribution in [0, 0.1) is 5.92 Å². The number of hydrogen-bond acceptors (Lipinski definition) is 2. The standard InChI is InChI=1S/C14H17BrO2/c1-2-17-12-7-3-10(4-8-12)9-13(15)14(16)11-5-6-11/h3-4,7-8,11,13H,2,5-6,9H2,1H3. The van der Waals surface area contributed by atoms with Crippen LogP contribution in [0.3, 0.4) is 0 Å². The first-order valence-electron chi connectivity index (χ1n) is 6.10. The Kier molecular flexibility index (Phi) is 4.21. The van der Waals surface area contributed by atoms with Crippen LogP contribution in [0.1, 0.15) is 25.3 Å². The van der Waals surface area contributed by atoms with Gasteiger partial charge in [0.05, 0.1) is 11.4 Å². The average molecular weight is 297 g/mol. The molecule has 0 bridgehead atoms. The molecule has 1 aliphatic rings. The van der Waals surface area contributed by atoms with Gasteiger partial charge in [-0.25, -0.2) is 0 Å². The number of ketones is 1. The number of hydrogen-bond donors (Lipinski definition) is 0. The van der Waals surface area contributed by atoms with Crippen LogP contribution in [0.5, 0.6) is 5.75 Å². The molecule has 2 nitrogen and oxygen atoms in total. The zero-order valence-electron chi connectivity index (χ0n) is 9.99. The highest BCUT2D eigenvalue weighted by Crippen LogP contribution is 2.33. The molecule has 0 aliphatic heterocycles. The lowest BCUT2D eigenvalue weighted by atomic mass is 10.1. The Morgan fingerprint density at radius 1 is 1.41 bits per heavy atom. The topological polar surface area (TPSA) is 26.3 Å². The van der Waals surface area contributed by atoms with E-state index in [0.29, 0.717) is 18.3 Å². The number of alkyl halides is 1. The second-order valence-electron chi connectivity index (χ2n) is 4.43. The third-order valence-corrected chi connectivity index (χ3v) is 3.71. The van der Waals surface area contributed by atoms with E-state index in [-0.39, 0.29) is 4.83 Å². The van der Waals surface area contributed by atoms with Crippen LogP contribution in [0.25, 0.3) is 0 Å². The van der Waals surface area contributed by atoms with Crippen molar-refractivity contribution in [1.29, 1.82) is 0 Å². The van der Waals surface area contributed by atoms with Crippen LogP contribution in [-0.2, 0) is 11.2 Å². The SMILES string of the molecule is CCOc1ccc(CC(Br)C(=O)C2CC2)cc1. The molecule has 0 saturated heterocycles. The summed E-state index contributed by atoms with van der Waals surface area (Å²) in [5.74, 6) is 1.57. The molecule has 0 amide bonds. The van der Waals surface area contributed by atoms with Crippen LogP contribution >= 0.6 is 15.9 Å². The quantitative estimate of drug-likeness (QED) is 0.753. The van der Waals surface area contributed by atoms with Crippen molar-refractivity contribution in [2.24, 2.45) is 5.92 Å². The molecule has 17 heavy (non-hydrogen) atoms. The molecule has 1 aromatic carbocycles. The summed E-state index contributed by atoms with van der Waals surface area (Å²) < 4.78 is 5.38. The van der Waals surface area contributed by atoms with Gasteiger partial charge in [0.25, 0.3) is 0 Å². The highest BCUT2D eigenvalue weighted by atomic mass is 79.9. The maximum atomic E-state index is 11.8. The van der Waals surface area contributed by atoms with Crippen molar-refractivity contribution in [2.75, 3.05) is 6.61 Å². The Balaban J connectivity index is 1.91. The number of ether oxygens (including phenoxy) is 1. The monoisotopic (exact) mass is 296 g/mol. The minimum absolute atomic E-state index is 0.0343. The second-order valence-corrected chi connectivity index (χ2v) is 5.53. The minimum atomic E-state index is -0.0343. The molecule has 3 heteroatoms. The van der Waals surface area contributed by atoms with Crippen molar-refractivity contribution >= 4 is 21.7 Å². The highest BCUT2D eigenvalue weighted by molar-refractivity contribution is 9.10. The molecule has 2 rings (SSSR count). The lowest BCUT2D eigenvalue weighted by Crippen LogP contribution is -2.18. The van der Waals surface area contributed by atoms with E-state index >= 15 is 0 Å². The van der Waals surface area contributed by atoms with E-state index in [1.807, 2.05) is 31.2 Å². The molecule has 1 unspecified atom stereocenters. The lowest BCUT2D eigenvalue weighted by Gasteiger charge is -2.09. The van der Waals surface area contributed by atoms with Crippen LogP contribution in [-0.4, -0.2) is 17.2 Å².